The average Bonchev–Trinajstić information content (AvgIpc) is 3.54. The molecule has 2 aromatic carbocycles. The first-order valence-corrected chi connectivity index (χ1v) is 12.4. The van der Waals surface area contributed by atoms with E-state index in [9.17, 15) is 9.59 Å². The zero-order valence-corrected chi connectivity index (χ0v) is 21.4. The molecule has 8 heteroatoms. The van der Waals surface area contributed by atoms with E-state index in [2.05, 4.69) is 5.32 Å². The van der Waals surface area contributed by atoms with Crippen molar-refractivity contribution in [2.24, 2.45) is 5.92 Å². The number of furan rings is 1. The maximum atomic E-state index is 13.2. The summed E-state index contributed by atoms with van der Waals surface area (Å²) in [7, 11) is 0. The van der Waals surface area contributed by atoms with Crippen molar-refractivity contribution >= 4 is 17.8 Å². The van der Waals surface area contributed by atoms with Gasteiger partial charge in [0.15, 0.2) is 0 Å². The van der Waals surface area contributed by atoms with Gasteiger partial charge in [-0.05, 0) is 37.1 Å². The molecule has 4 rings (SSSR count). The van der Waals surface area contributed by atoms with Gasteiger partial charge in [0.2, 0.25) is 17.8 Å². The van der Waals surface area contributed by atoms with E-state index in [1.54, 1.807) is 18.4 Å². The Hall–Kier alpha value is -4.33. The van der Waals surface area contributed by atoms with E-state index in [-0.39, 0.29) is 30.8 Å². The molecular formula is C29H32N4O4. The van der Waals surface area contributed by atoms with E-state index in [4.69, 9.17) is 14.1 Å². The van der Waals surface area contributed by atoms with E-state index in [0.29, 0.717) is 30.4 Å². The molecule has 0 radical (unpaired) electrons. The van der Waals surface area contributed by atoms with Crippen LogP contribution in [0.5, 0.6) is 5.75 Å². The summed E-state index contributed by atoms with van der Waals surface area (Å²) < 4.78 is 12.9. The molecule has 2 heterocycles. The molecule has 0 unspecified atom stereocenters. The standard InChI is InChI=1S/C29H32N4O4/c1-4-36-24-13-8-12-23(17-24)33-19-26(22-10-6-5-7-11-22)30-29(33)31-27(34)20-32(28(35)16-21(2)3)18-25-14-9-15-37-25/h5-15,17,19,21H,4,16,18,20H2,1-3H3,(H,30,31,34). The van der Waals surface area contributed by atoms with Crippen LogP contribution in [-0.2, 0) is 16.1 Å². The highest BCUT2D eigenvalue weighted by Gasteiger charge is 2.21. The Morgan fingerprint density at radius 3 is 2.59 bits per heavy atom. The van der Waals surface area contributed by atoms with Gasteiger partial charge in [-0.15, -0.1) is 0 Å². The summed E-state index contributed by atoms with van der Waals surface area (Å²) in [6.07, 6.45) is 3.77. The Morgan fingerprint density at radius 1 is 1.08 bits per heavy atom. The lowest BCUT2D eigenvalue weighted by atomic mass is 10.1. The second kappa shape index (κ2) is 12.1. The number of rotatable bonds is 11. The van der Waals surface area contributed by atoms with E-state index in [0.717, 1.165) is 17.0 Å². The van der Waals surface area contributed by atoms with Crippen LogP contribution in [0.25, 0.3) is 16.9 Å². The summed E-state index contributed by atoms with van der Waals surface area (Å²) in [5.74, 6) is 1.39. The van der Waals surface area contributed by atoms with Gasteiger partial charge in [-0.3, -0.25) is 19.5 Å². The predicted molar refractivity (Wildman–Crippen MR) is 142 cm³/mol. The van der Waals surface area contributed by atoms with Crippen LogP contribution in [0.2, 0.25) is 0 Å². The minimum atomic E-state index is -0.351. The number of hydrogen-bond acceptors (Lipinski definition) is 5. The van der Waals surface area contributed by atoms with Crippen LogP contribution in [0, 0.1) is 5.92 Å². The molecule has 0 spiro atoms. The molecular weight excluding hydrogens is 468 g/mol. The Kier molecular flexibility index (Phi) is 8.40. The first-order valence-electron chi connectivity index (χ1n) is 12.4. The number of imidazole rings is 1. The fourth-order valence-corrected chi connectivity index (χ4v) is 3.94. The summed E-state index contributed by atoms with van der Waals surface area (Å²) in [6, 6.07) is 20.9. The number of anilines is 1. The van der Waals surface area contributed by atoms with E-state index in [1.165, 1.54) is 4.90 Å². The number of benzene rings is 2. The van der Waals surface area contributed by atoms with Gasteiger partial charge >= 0.3 is 0 Å². The fraction of sp³-hybridized carbons (Fsp3) is 0.276. The lowest BCUT2D eigenvalue weighted by molar-refractivity contribution is -0.136. The van der Waals surface area contributed by atoms with Gasteiger partial charge in [0, 0.05) is 24.2 Å². The number of carbonyl (C=O) groups excluding carboxylic acids is 2. The van der Waals surface area contributed by atoms with Crippen LogP contribution in [0.1, 0.15) is 33.0 Å². The summed E-state index contributed by atoms with van der Waals surface area (Å²) in [6.45, 7) is 6.51. The number of hydrogen-bond donors (Lipinski definition) is 1. The average molecular weight is 501 g/mol. The number of amides is 2. The second-order valence-electron chi connectivity index (χ2n) is 9.09. The third-order valence-electron chi connectivity index (χ3n) is 5.63. The van der Waals surface area contributed by atoms with Gasteiger partial charge in [0.1, 0.15) is 18.1 Å². The van der Waals surface area contributed by atoms with Gasteiger partial charge in [-0.25, -0.2) is 4.98 Å². The van der Waals surface area contributed by atoms with Gasteiger partial charge in [0.25, 0.3) is 0 Å². The van der Waals surface area contributed by atoms with Crippen LogP contribution >= 0.6 is 0 Å². The minimum absolute atomic E-state index is 0.112. The highest BCUT2D eigenvalue weighted by Crippen LogP contribution is 2.26. The number of nitrogens with zero attached hydrogens (tertiary/aromatic N) is 3. The highest BCUT2D eigenvalue weighted by molar-refractivity contribution is 5.94. The summed E-state index contributed by atoms with van der Waals surface area (Å²) in [4.78, 5) is 32.4. The molecule has 8 nitrogen and oxygen atoms in total. The quantitative estimate of drug-likeness (QED) is 0.292. The number of aromatic nitrogens is 2. The van der Waals surface area contributed by atoms with E-state index < -0.39 is 0 Å². The maximum Gasteiger partial charge on any atom is 0.246 e. The molecule has 0 fully saturated rings. The van der Waals surface area contributed by atoms with Crippen molar-refractivity contribution in [3.63, 3.8) is 0 Å². The normalized spacial score (nSPS) is 10.9. The molecule has 4 aromatic rings. The molecule has 0 aliphatic rings. The summed E-state index contributed by atoms with van der Waals surface area (Å²) in [5, 5.41) is 2.92. The molecule has 2 amide bonds. The third kappa shape index (κ3) is 6.88. The zero-order valence-electron chi connectivity index (χ0n) is 21.4. The monoisotopic (exact) mass is 500 g/mol. The molecule has 0 atom stereocenters. The van der Waals surface area contributed by atoms with Crippen molar-refractivity contribution in [3.05, 3.63) is 85.0 Å². The molecule has 0 aliphatic heterocycles. The predicted octanol–water partition coefficient (Wildman–Crippen LogP) is 5.54. The van der Waals surface area contributed by atoms with Crippen molar-refractivity contribution in [1.29, 1.82) is 0 Å². The fourth-order valence-electron chi connectivity index (χ4n) is 3.94. The van der Waals surface area contributed by atoms with Crippen LogP contribution in [0.3, 0.4) is 0 Å². The zero-order chi connectivity index (χ0) is 26.2. The largest absolute Gasteiger partial charge is 0.494 e. The third-order valence-corrected chi connectivity index (χ3v) is 5.63. The van der Waals surface area contributed by atoms with Crippen molar-refractivity contribution in [3.8, 4) is 22.7 Å². The lowest BCUT2D eigenvalue weighted by Crippen LogP contribution is -2.38. The van der Waals surface area contributed by atoms with Gasteiger partial charge in [-0.1, -0.05) is 50.2 Å². The van der Waals surface area contributed by atoms with E-state index >= 15 is 0 Å². The molecule has 0 bridgehead atoms. The first-order chi connectivity index (χ1) is 17.9. The first kappa shape index (κ1) is 25.8. The van der Waals surface area contributed by atoms with Crippen molar-refractivity contribution < 1.29 is 18.7 Å². The highest BCUT2D eigenvalue weighted by atomic mass is 16.5. The van der Waals surface area contributed by atoms with Gasteiger partial charge in [0.05, 0.1) is 30.8 Å². The summed E-state index contributed by atoms with van der Waals surface area (Å²) in [5.41, 5.74) is 2.42. The molecule has 0 aliphatic carbocycles. The Morgan fingerprint density at radius 2 is 1.89 bits per heavy atom. The van der Waals surface area contributed by atoms with Crippen molar-refractivity contribution in [1.82, 2.24) is 14.5 Å². The second-order valence-corrected chi connectivity index (χ2v) is 9.09. The SMILES string of the molecule is CCOc1cccc(-n2cc(-c3ccccc3)nc2NC(=O)CN(Cc2ccco2)C(=O)CC(C)C)c1. The lowest BCUT2D eigenvalue weighted by Gasteiger charge is -2.22. The van der Waals surface area contributed by atoms with Crippen LogP contribution in [0.15, 0.2) is 83.6 Å². The smallest absolute Gasteiger partial charge is 0.246 e. The molecule has 1 N–H and O–H groups in total. The van der Waals surface area contributed by atoms with Crippen molar-refractivity contribution in [2.75, 3.05) is 18.5 Å². The molecule has 0 saturated heterocycles. The molecule has 2 aromatic heterocycles. The summed E-state index contributed by atoms with van der Waals surface area (Å²) >= 11 is 0. The van der Waals surface area contributed by atoms with Crippen LogP contribution < -0.4 is 10.1 Å². The Labute approximate surface area is 216 Å². The number of ether oxygens (including phenoxy) is 1. The van der Waals surface area contributed by atoms with Crippen molar-refractivity contribution in [2.45, 2.75) is 33.7 Å². The Balaban J connectivity index is 1.61. The molecule has 192 valence electrons. The number of carbonyl (C=O) groups is 2. The topological polar surface area (TPSA) is 89.6 Å². The molecule has 0 saturated carbocycles. The van der Waals surface area contributed by atoms with Crippen LogP contribution in [-0.4, -0.2) is 39.4 Å². The Bertz CT molecular complexity index is 1310. The van der Waals surface area contributed by atoms with Gasteiger partial charge in [-0.2, -0.15) is 0 Å². The maximum absolute atomic E-state index is 13.2. The van der Waals surface area contributed by atoms with E-state index in [1.807, 2.05) is 86.1 Å². The van der Waals surface area contributed by atoms with Crippen LogP contribution in [0.4, 0.5) is 5.95 Å². The molecule has 37 heavy (non-hydrogen) atoms. The minimum Gasteiger partial charge on any atom is -0.494 e. The van der Waals surface area contributed by atoms with Gasteiger partial charge < -0.3 is 14.1 Å². The number of nitrogens with one attached hydrogen (secondary N) is 1.